The van der Waals surface area contributed by atoms with Crippen LogP contribution in [0.25, 0.3) is 0 Å². The number of carbonyl (C=O) groups excluding carboxylic acids is 2. The fourth-order valence-electron chi connectivity index (χ4n) is 2.88. The number of carbonyl (C=O) groups is 2. The molecule has 3 amide bonds. The van der Waals surface area contributed by atoms with Crippen molar-refractivity contribution >= 4 is 29.2 Å². The highest BCUT2D eigenvalue weighted by Crippen LogP contribution is 2.20. The number of anilines is 1. The molecule has 136 valence electrons. The molecule has 1 aliphatic rings. The van der Waals surface area contributed by atoms with Gasteiger partial charge in [-0.3, -0.25) is 4.79 Å². The Morgan fingerprint density at radius 3 is 2.54 bits per heavy atom. The number of amides is 3. The number of urea groups is 1. The van der Waals surface area contributed by atoms with E-state index in [0.717, 1.165) is 29.7 Å². The van der Waals surface area contributed by atoms with E-state index in [1.165, 1.54) is 0 Å². The van der Waals surface area contributed by atoms with Crippen LogP contribution in [0.3, 0.4) is 0 Å². The lowest BCUT2D eigenvalue weighted by atomic mass is 10.1. The minimum absolute atomic E-state index is 0.226. The van der Waals surface area contributed by atoms with Crippen molar-refractivity contribution in [3.63, 3.8) is 0 Å². The first-order chi connectivity index (χ1) is 12.5. The van der Waals surface area contributed by atoms with E-state index in [1.54, 1.807) is 6.07 Å². The van der Waals surface area contributed by atoms with Gasteiger partial charge in [-0.2, -0.15) is 0 Å². The van der Waals surface area contributed by atoms with Crippen LogP contribution in [-0.2, 0) is 17.9 Å². The van der Waals surface area contributed by atoms with Gasteiger partial charge in [-0.1, -0.05) is 41.9 Å². The molecule has 0 aliphatic carbocycles. The first-order valence-electron chi connectivity index (χ1n) is 8.68. The Morgan fingerprint density at radius 2 is 1.88 bits per heavy atom. The first kappa shape index (κ1) is 18.3. The van der Waals surface area contributed by atoms with Gasteiger partial charge in [0.2, 0.25) is 5.91 Å². The van der Waals surface area contributed by atoms with Gasteiger partial charge in [0.1, 0.15) is 0 Å². The molecule has 0 unspecified atom stereocenters. The maximum absolute atomic E-state index is 12.0. The van der Waals surface area contributed by atoms with Gasteiger partial charge in [-0.25, -0.2) is 4.79 Å². The normalized spacial score (nSPS) is 13.8. The zero-order valence-corrected chi connectivity index (χ0v) is 15.5. The SMILES string of the molecule is Cc1ccc(NC(=O)NCc2ccc(CN3CCCC3=O)cc2)cc1Cl. The molecule has 2 aromatic carbocycles. The Kier molecular flexibility index (Phi) is 5.78. The van der Waals surface area contributed by atoms with Gasteiger partial charge in [-0.05, 0) is 42.2 Å². The van der Waals surface area contributed by atoms with E-state index in [1.807, 2.05) is 48.2 Å². The molecule has 1 aliphatic heterocycles. The predicted octanol–water partition coefficient (Wildman–Crippen LogP) is 4.09. The summed E-state index contributed by atoms with van der Waals surface area (Å²) < 4.78 is 0. The maximum atomic E-state index is 12.0. The molecule has 26 heavy (non-hydrogen) atoms. The number of hydrogen-bond acceptors (Lipinski definition) is 2. The average molecular weight is 372 g/mol. The van der Waals surface area contributed by atoms with Crippen molar-refractivity contribution in [1.29, 1.82) is 0 Å². The second-order valence-corrected chi connectivity index (χ2v) is 6.91. The highest BCUT2D eigenvalue weighted by atomic mass is 35.5. The third-order valence-electron chi connectivity index (χ3n) is 4.45. The number of hydrogen-bond donors (Lipinski definition) is 2. The molecular formula is C20H22ClN3O2. The molecule has 1 saturated heterocycles. The van der Waals surface area contributed by atoms with Crippen LogP contribution in [0.15, 0.2) is 42.5 Å². The lowest BCUT2D eigenvalue weighted by Crippen LogP contribution is -2.28. The van der Waals surface area contributed by atoms with Crippen LogP contribution >= 0.6 is 11.6 Å². The zero-order chi connectivity index (χ0) is 18.5. The second-order valence-electron chi connectivity index (χ2n) is 6.51. The van der Waals surface area contributed by atoms with Gasteiger partial charge in [0, 0.05) is 36.8 Å². The fourth-order valence-corrected chi connectivity index (χ4v) is 3.06. The Balaban J connectivity index is 1.48. The van der Waals surface area contributed by atoms with Crippen LogP contribution in [-0.4, -0.2) is 23.4 Å². The molecule has 5 nitrogen and oxygen atoms in total. The average Bonchev–Trinajstić information content (AvgIpc) is 3.02. The van der Waals surface area contributed by atoms with Crippen molar-refractivity contribution in [3.05, 3.63) is 64.2 Å². The van der Waals surface area contributed by atoms with Gasteiger partial charge in [0.05, 0.1) is 0 Å². The topological polar surface area (TPSA) is 61.4 Å². The molecule has 0 radical (unpaired) electrons. The molecule has 2 aromatic rings. The Hall–Kier alpha value is -2.53. The quantitative estimate of drug-likeness (QED) is 0.831. The molecule has 1 fully saturated rings. The summed E-state index contributed by atoms with van der Waals surface area (Å²) in [4.78, 5) is 25.6. The second kappa shape index (κ2) is 8.23. The lowest BCUT2D eigenvalue weighted by molar-refractivity contribution is -0.128. The van der Waals surface area contributed by atoms with Crippen molar-refractivity contribution in [1.82, 2.24) is 10.2 Å². The number of likely N-dealkylation sites (tertiary alicyclic amines) is 1. The van der Waals surface area contributed by atoms with Gasteiger partial charge < -0.3 is 15.5 Å². The van der Waals surface area contributed by atoms with E-state index in [0.29, 0.717) is 30.2 Å². The van der Waals surface area contributed by atoms with E-state index < -0.39 is 0 Å². The van der Waals surface area contributed by atoms with E-state index in [9.17, 15) is 9.59 Å². The zero-order valence-electron chi connectivity index (χ0n) is 14.7. The molecule has 0 spiro atoms. The Morgan fingerprint density at radius 1 is 1.15 bits per heavy atom. The summed E-state index contributed by atoms with van der Waals surface area (Å²) in [6.45, 7) is 3.83. The number of nitrogens with zero attached hydrogens (tertiary/aromatic N) is 1. The summed E-state index contributed by atoms with van der Waals surface area (Å²) in [7, 11) is 0. The molecule has 3 rings (SSSR count). The minimum atomic E-state index is -0.281. The summed E-state index contributed by atoms with van der Waals surface area (Å²) in [6, 6.07) is 13.1. The molecule has 0 aromatic heterocycles. The standard InChI is InChI=1S/C20H22ClN3O2/c1-14-4-9-17(11-18(14)21)23-20(26)22-12-15-5-7-16(8-6-15)13-24-10-2-3-19(24)25/h4-9,11H,2-3,10,12-13H2,1H3,(H2,22,23,26). The largest absolute Gasteiger partial charge is 0.338 e. The van der Waals surface area contributed by atoms with E-state index in [4.69, 9.17) is 11.6 Å². The molecule has 2 N–H and O–H groups in total. The van der Waals surface area contributed by atoms with Crippen molar-refractivity contribution in [2.45, 2.75) is 32.9 Å². The van der Waals surface area contributed by atoms with Gasteiger partial charge in [-0.15, -0.1) is 0 Å². The van der Waals surface area contributed by atoms with Crippen LogP contribution in [0.4, 0.5) is 10.5 Å². The van der Waals surface area contributed by atoms with Crippen LogP contribution < -0.4 is 10.6 Å². The molecule has 0 saturated carbocycles. The summed E-state index contributed by atoms with van der Waals surface area (Å²) in [5, 5.41) is 6.21. The summed E-state index contributed by atoms with van der Waals surface area (Å²) in [6.07, 6.45) is 1.60. The predicted molar refractivity (Wildman–Crippen MR) is 103 cm³/mol. The third kappa shape index (κ3) is 4.76. The molecule has 6 heteroatoms. The maximum Gasteiger partial charge on any atom is 0.319 e. The molecular weight excluding hydrogens is 350 g/mol. The third-order valence-corrected chi connectivity index (χ3v) is 4.86. The summed E-state index contributed by atoms with van der Waals surface area (Å²) in [5.74, 6) is 0.226. The lowest BCUT2D eigenvalue weighted by Gasteiger charge is -2.15. The monoisotopic (exact) mass is 371 g/mol. The number of rotatable bonds is 5. The van der Waals surface area contributed by atoms with Crippen molar-refractivity contribution in [3.8, 4) is 0 Å². The fraction of sp³-hybridized carbons (Fsp3) is 0.300. The summed E-state index contributed by atoms with van der Waals surface area (Å²) in [5.41, 5.74) is 3.72. The van der Waals surface area contributed by atoms with Crippen LogP contribution in [0.5, 0.6) is 0 Å². The Bertz CT molecular complexity index is 805. The minimum Gasteiger partial charge on any atom is -0.338 e. The molecule has 0 bridgehead atoms. The van der Waals surface area contributed by atoms with Crippen LogP contribution in [0.2, 0.25) is 5.02 Å². The molecule has 0 atom stereocenters. The van der Waals surface area contributed by atoms with Crippen LogP contribution in [0.1, 0.15) is 29.5 Å². The first-order valence-corrected chi connectivity index (χ1v) is 9.05. The molecule has 1 heterocycles. The van der Waals surface area contributed by atoms with Crippen molar-refractivity contribution < 1.29 is 9.59 Å². The number of benzene rings is 2. The van der Waals surface area contributed by atoms with E-state index in [2.05, 4.69) is 10.6 Å². The highest BCUT2D eigenvalue weighted by molar-refractivity contribution is 6.31. The van der Waals surface area contributed by atoms with Gasteiger partial charge in [0.25, 0.3) is 0 Å². The number of aryl methyl sites for hydroxylation is 1. The Labute approximate surface area is 158 Å². The van der Waals surface area contributed by atoms with Crippen LogP contribution in [0, 0.1) is 6.92 Å². The van der Waals surface area contributed by atoms with Gasteiger partial charge in [0.15, 0.2) is 0 Å². The summed E-state index contributed by atoms with van der Waals surface area (Å²) >= 11 is 6.06. The van der Waals surface area contributed by atoms with Crippen molar-refractivity contribution in [2.75, 3.05) is 11.9 Å². The number of halogens is 1. The van der Waals surface area contributed by atoms with Crippen molar-refractivity contribution in [2.24, 2.45) is 0 Å². The smallest absolute Gasteiger partial charge is 0.319 e. The highest BCUT2D eigenvalue weighted by Gasteiger charge is 2.19. The van der Waals surface area contributed by atoms with Gasteiger partial charge >= 0.3 is 6.03 Å². The van der Waals surface area contributed by atoms with E-state index in [-0.39, 0.29) is 11.9 Å². The van der Waals surface area contributed by atoms with E-state index >= 15 is 0 Å². The number of nitrogens with one attached hydrogen (secondary N) is 2.